The molecule has 0 aliphatic carbocycles. The summed E-state index contributed by atoms with van der Waals surface area (Å²) in [6, 6.07) is 17.9. The first-order valence-electron chi connectivity index (χ1n) is 7.80. The number of nitrogens with zero attached hydrogens (tertiary/aromatic N) is 1. The number of nitrogens with two attached hydrogens (primary N) is 1. The highest BCUT2D eigenvalue weighted by molar-refractivity contribution is 9.10. The van der Waals surface area contributed by atoms with Crippen molar-refractivity contribution in [1.82, 2.24) is 4.57 Å². The molecule has 2 N–H and O–H groups in total. The summed E-state index contributed by atoms with van der Waals surface area (Å²) in [5.74, 6) is -0.806. The molecule has 0 spiro atoms. The average molecular weight is 397 g/mol. The molecule has 1 aromatic heterocycles. The van der Waals surface area contributed by atoms with Crippen LogP contribution < -0.4 is 5.73 Å². The number of rotatable bonds is 3. The molecule has 1 heterocycles. The van der Waals surface area contributed by atoms with E-state index < -0.39 is 5.91 Å². The van der Waals surface area contributed by atoms with E-state index in [0.29, 0.717) is 12.1 Å². The molecule has 4 aromatic rings. The predicted molar refractivity (Wildman–Crippen MR) is 101 cm³/mol. The zero-order valence-electron chi connectivity index (χ0n) is 13.2. The van der Waals surface area contributed by atoms with Crippen molar-refractivity contribution < 1.29 is 9.18 Å². The molecule has 4 rings (SSSR count). The molecule has 0 aliphatic heterocycles. The summed E-state index contributed by atoms with van der Waals surface area (Å²) in [4.78, 5) is 11.9. The SMILES string of the molecule is NC(=O)c1cccc2c1c1ccc(F)cc1n2Cc1ccccc1Br. The number of hydrogen-bond donors (Lipinski definition) is 1. The largest absolute Gasteiger partial charge is 0.366 e. The van der Waals surface area contributed by atoms with Crippen LogP contribution in [0.1, 0.15) is 15.9 Å². The van der Waals surface area contributed by atoms with E-state index in [2.05, 4.69) is 15.9 Å². The van der Waals surface area contributed by atoms with Crippen molar-refractivity contribution in [2.75, 3.05) is 0 Å². The number of hydrogen-bond acceptors (Lipinski definition) is 1. The van der Waals surface area contributed by atoms with E-state index in [1.165, 1.54) is 12.1 Å². The summed E-state index contributed by atoms with van der Waals surface area (Å²) < 4.78 is 16.9. The van der Waals surface area contributed by atoms with E-state index in [9.17, 15) is 9.18 Å². The number of benzene rings is 3. The van der Waals surface area contributed by atoms with Crippen molar-refractivity contribution in [1.29, 1.82) is 0 Å². The van der Waals surface area contributed by atoms with Gasteiger partial charge in [-0.2, -0.15) is 0 Å². The summed E-state index contributed by atoms with van der Waals surface area (Å²) in [6.07, 6.45) is 0. The molecule has 0 aliphatic rings. The molecule has 0 bridgehead atoms. The van der Waals surface area contributed by atoms with Gasteiger partial charge in [0.15, 0.2) is 0 Å². The molecule has 0 saturated heterocycles. The van der Waals surface area contributed by atoms with Gasteiger partial charge in [0.1, 0.15) is 5.82 Å². The number of carbonyl (C=O) groups excluding carboxylic acids is 1. The van der Waals surface area contributed by atoms with Crippen molar-refractivity contribution in [2.24, 2.45) is 5.73 Å². The summed E-state index contributed by atoms with van der Waals surface area (Å²) >= 11 is 3.56. The molecule has 3 nitrogen and oxygen atoms in total. The Balaban J connectivity index is 2.08. The third-order valence-corrected chi connectivity index (χ3v) is 5.18. The highest BCUT2D eigenvalue weighted by Gasteiger charge is 2.17. The molecule has 0 saturated carbocycles. The number of carbonyl (C=O) groups is 1. The van der Waals surface area contributed by atoms with E-state index in [0.717, 1.165) is 31.8 Å². The quantitative estimate of drug-likeness (QED) is 0.528. The number of amides is 1. The number of halogens is 2. The van der Waals surface area contributed by atoms with Crippen LogP contribution >= 0.6 is 15.9 Å². The minimum absolute atomic E-state index is 0.315. The summed E-state index contributed by atoms with van der Waals surface area (Å²) in [6.45, 7) is 0.549. The zero-order valence-corrected chi connectivity index (χ0v) is 14.8. The van der Waals surface area contributed by atoms with Gasteiger partial charge < -0.3 is 10.3 Å². The normalized spacial score (nSPS) is 11.3. The molecule has 25 heavy (non-hydrogen) atoms. The predicted octanol–water partition coefficient (Wildman–Crippen LogP) is 4.84. The van der Waals surface area contributed by atoms with Crippen LogP contribution in [0.3, 0.4) is 0 Å². The average Bonchev–Trinajstić information content (AvgIpc) is 2.90. The van der Waals surface area contributed by atoms with Crippen molar-refractivity contribution in [3.8, 4) is 0 Å². The Morgan fingerprint density at radius 1 is 1.04 bits per heavy atom. The highest BCUT2D eigenvalue weighted by Crippen LogP contribution is 2.33. The molecule has 0 unspecified atom stereocenters. The van der Waals surface area contributed by atoms with E-state index in [1.54, 1.807) is 18.2 Å². The van der Waals surface area contributed by atoms with E-state index in [4.69, 9.17) is 5.73 Å². The van der Waals surface area contributed by atoms with Gasteiger partial charge in [0.25, 0.3) is 0 Å². The molecule has 124 valence electrons. The van der Waals surface area contributed by atoms with Gasteiger partial charge in [0.2, 0.25) is 5.91 Å². The van der Waals surface area contributed by atoms with Crippen molar-refractivity contribution >= 4 is 43.6 Å². The van der Waals surface area contributed by atoms with Crippen molar-refractivity contribution in [2.45, 2.75) is 6.54 Å². The van der Waals surface area contributed by atoms with Crippen LogP contribution in [0, 0.1) is 5.82 Å². The van der Waals surface area contributed by atoms with E-state index >= 15 is 0 Å². The third kappa shape index (κ3) is 2.61. The van der Waals surface area contributed by atoms with Crippen LogP contribution in [-0.4, -0.2) is 10.5 Å². The van der Waals surface area contributed by atoms with Crippen molar-refractivity contribution in [3.05, 3.63) is 82.1 Å². The van der Waals surface area contributed by atoms with Crippen LogP contribution in [0.5, 0.6) is 0 Å². The number of primary amides is 1. The topological polar surface area (TPSA) is 48.0 Å². The second-order valence-corrected chi connectivity index (χ2v) is 6.76. The first kappa shape index (κ1) is 15.8. The standard InChI is InChI=1S/C20H14BrFN2O/c21-16-6-2-1-4-12(16)11-24-17-7-3-5-15(20(23)25)19(17)14-9-8-13(22)10-18(14)24/h1-10H,11H2,(H2,23,25). The Kier molecular flexibility index (Phi) is 3.81. The fourth-order valence-corrected chi connectivity index (χ4v) is 3.70. The van der Waals surface area contributed by atoms with Crippen LogP contribution in [0.25, 0.3) is 21.8 Å². The van der Waals surface area contributed by atoms with E-state index in [-0.39, 0.29) is 5.82 Å². The van der Waals surface area contributed by atoms with Gasteiger partial charge in [-0.3, -0.25) is 4.79 Å². The lowest BCUT2D eigenvalue weighted by Gasteiger charge is -2.10. The minimum Gasteiger partial charge on any atom is -0.366 e. The van der Waals surface area contributed by atoms with Gasteiger partial charge in [0, 0.05) is 27.4 Å². The maximum atomic E-state index is 13.9. The second kappa shape index (κ2) is 6.01. The number of aromatic nitrogens is 1. The Bertz CT molecular complexity index is 1130. The molecular weight excluding hydrogens is 383 g/mol. The fourth-order valence-electron chi connectivity index (χ4n) is 3.29. The van der Waals surface area contributed by atoms with Gasteiger partial charge >= 0.3 is 0 Å². The van der Waals surface area contributed by atoms with E-state index in [1.807, 2.05) is 34.9 Å². The monoisotopic (exact) mass is 396 g/mol. The lowest BCUT2D eigenvalue weighted by atomic mass is 10.1. The molecule has 1 amide bonds. The summed E-state index contributed by atoms with van der Waals surface area (Å²) in [5.41, 5.74) is 8.66. The molecule has 3 aromatic carbocycles. The smallest absolute Gasteiger partial charge is 0.249 e. The minimum atomic E-state index is -0.491. The molecule has 0 fully saturated rings. The Labute approximate surface area is 152 Å². The van der Waals surface area contributed by atoms with Gasteiger partial charge in [-0.1, -0.05) is 40.2 Å². The number of fused-ring (bicyclic) bond motifs is 3. The lowest BCUT2D eigenvalue weighted by Crippen LogP contribution is -2.11. The van der Waals surface area contributed by atoms with Gasteiger partial charge in [-0.25, -0.2) is 4.39 Å². The summed E-state index contributed by atoms with van der Waals surface area (Å²) in [5, 5.41) is 1.58. The van der Waals surface area contributed by atoms with Crippen LogP contribution in [-0.2, 0) is 6.54 Å². The summed E-state index contributed by atoms with van der Waals surface area (Å²) in [7, 11) is 0. The maximum Gasteiger partial charge on any atom is 0.249 e. The van der Waals surface area contributed by atoms with Gasteiger partial charge in [0.05, 0.1) is 11.0 Å². The fraction of sp³-hybridized carbons (Fsp3) is 0.0500. The second-order valence-electron chi connectivity index (χ2n) is 5.90. The Hall–Kier alpha value is -2.66. The Morgan fingerprint density at radius 3 is 2.60 bits per heavy atom. The van der Waals surface area contributed by atoms with Crippen LogP contribution in [0.15, 0.2) is 65.1 Å². The zero-order chi connectivity index (χ0) is 17.6. The first-order valence-corrected chi connectivity index (χ1v) is 8.59. The van der Waals surface area contributed by atoms with Gasteiger partial charge in [-0.05, 0) is 42.0 Å². The van der Waals surface area contributed by atoms with Crippen molar-refractivity contribution in [3.63, 3.8) is 0 Å². The highest BCUT2D eigenvalue weighted by atomic mass is 79.9. The molecule has 0 radical (unpaired) electrons. The Morgan fingerprint density at radius 2 is 1.84 bits per heavy atom. The lowest BCUT2D eigenvalue weighted by molar-refractivity contribution is 0.100. The third-order valence-electron chi connectivity index (χ3n) is 4.40. The maximum absolute atomic E-state index is 13.9. The van der Waals surface area contributed by atoms with Gasteiger partial charge in [-0.15, -0.1) is 0 Å². The van der Waals surface area contributed by atoms with Crippen LogP contribution in [0.2, 0.25) is 0 Å². The molecule has 5 heteroatoms. The first-order chi connectivity index (χ1) is 12.1. The molecule has 0 atom stereocenters. The van der Waals surface area contributed by atoms with Crippen LogP contribution in [0.4, 0.5) is 4.39 Å². The molecular formula is C20H14BrFN2O.